The third-order valence-corrected chi connectivity index (χ3v) is 2.45. The number of nitrogens with two attached hydrogens (primary N) is 1. The minimum absolute atomic E-state index is 0.183. The number of halogens is 1. The van der Waals surface area contributed by atoms with E-state index in [9.17, 15) is 9.50 Å². The minimum atomic E-state index is -0.804. The van der Waals surface area contributed by atoms with Crippen LogP contribution in [0, 0.1) is 5.82 Å². The molecule has 0 saturated heterocycles. The molecule has 0 fully saturated rings. The number of aliphatic hydroxyl groups excluding tert-OH is 1. The second-order valence-electron chi connectivity index (χ2n) is 3.72. The second-order valence-corrected chi connectivity index (χ2v) is 3.72. The van der Waals surface area contributed by atoms with Crippen molar-refractivity contribution >= 4 is 0 Å². The molecule has 18 heavy (non-hydrogen) atoms. The predicted octanol–water partition coefficient (Wildman–Crippen LogP) is 1.75. The zero-order valence-electron chi connectivity index (χ0n) is 10.1. The number of allylic oxidation sites excluding steroid dienone is 2. The largest absolute Gasteiger partial charge is 0.388 e. The molecule has 0 bridgehead atoms. The van der Waals surface area contributed by atoms with Crippen LogP contribution in [0.5, 0.6) is 0 Å². The van der Waals surface area contributed by atoms with E-state index in [-0.39, 0.29) is 6.42 Å². The predicted molar refractivity (Wildman–Crippen MR) is 70.4 cm³/mol. The van der Waals surface area contributed by atoms with Crippen molar-refractivity contribution in [2.75, 3.05) is 6.54 Å². The van der Waals surface area contributed by atoms with Gasteiger partial charge in [0.2, 0.25) is 0 Å². The van der Waals surface area contributed by atoms with E-state index >= 15 is 0 Å². The summed E-state index contributed by atoms with van der Waals surface area (Å²) in [5.41, 5.74) is 6.36. The second kappa shape index (κ2) is 7.53. The monoisotopic (exact) mass is 248 g/mol. The van der Waals surface area contributed by atoms with Crippen LogP contribution in [0.2, 0.25) is 0 Å². The summed E-state index contributed by atoms with van der Waals surface area (Å²) in [5.74, 6) is -0.419. The van der Waals surface area contributed by atoms with E-state index in [4.69, 9.17) is 5.73 Å². The number of nitrogens with zero attached hydrogens (tertiary/aromatic N) is 1. The maximum atomic E-state index is 13.4. The zero-order valence-corrected chi connectivity index (χ0v) is 10.1. The van der Waals surface area contributed by atoms with Crippen LogP contribution in [-0.4, -0.2) is 22.7 Å². The fourth-order valence-corrected chi connectivity index (χ4v) is 1.47. The highest BCUT2D eigenvalue weighted by Crippen LogP contribution is 2.13. The van der Waals surface area contributed by atoms with E-state index in [1.807, 2.05) is 0 Å². The molecule has 1 rings (SSSR count). The molecule has 0 aliphatic carbocycles. The molecule has 1 aromatic rings. The lowest BCUT2D eigenvalue weighted by atomic mass is 10.0. The summed E-state index contributed by atoms with van der Waals surface area (Å²) in [6.07, 6.45) is 8.76. The Labute approximate surface area is 106 Å². The molecule has 1 heterocycles. The Morgan fingerprint density at radius 3 is 3.00 bits per heavy atom. The summed E-state index contributed by atoms with van der Waals surface area (Å²) in [6, 6.07) is 1.55. The number of aliphatic hydroxyl groups is 1. The molecule has 1 atom stereocenters. The van der Waals surface area contributed by atoms with Crippen LogP contribution in [0.15, 0.2) is 54.9 Å². The zero-order chi connectivity index (χ0) is 13.4. The molecular formula is C14H17FN2O. The van der Waals surface area contributed by atoms with Gasteiger partial charge in [0, 0.05) is 19.2 Å². The normalized spacial score (nSPS) is 13.8. The van der Waals surface area contributed by atoms with Crippen LogP contribution in [0.25, 0.3) is 0 Å². The van der Waals surface area contributed by atoms with E-state index in [1.165, 1.54) is 6.20 Å². The lowest BCUT2D eigenvalue weighted by molar-refractivity contribution is 0.213. The van der Waals surface area contributed by atoms with Crippen LogP contribution in [0.4, 0.5) is 4.39 Å². The Bertz CT molecular complexity index is 455. The van der Waals surface area contributed by atoms with E-state index in [2.05, 4.69) is 11.6 Å². The lowest BCUT2D eigenvalue weighted by Gasteiger charge is -2.11. The first-order valence-electron chi connectivity index (χ1n) is 5.64. The maximum Gasteiger partial charge on any atom is 0.144 e. The number of hydrogen-bond acceptors (Lipinski definition) is 3. The molecule has 0 aromatic carbocycles. The highest BCUT2D eigenvalue weighted by atomic mass is 19.1. The smallest absolute Gasteiger partial charge is 0.144 e. The third-order valence-electron chi connectivity index (χ3n) is 2.45. The van der Waals surface area contributed by atoms with Crippen LogP contribution >= 0.6 is 0 Å². The Balaban J connectivity index is 2.77. The summed E-state index contributed by atoms with van der Waals surface area (Å²) in [7, 11) is 0. The van der Waals surface area contributed by atoms with Crippen LogP contribution < -0.4 is 5.73 Å². The SMILES string of the molecule is C=C/C(=C\C=C\CN)C(O)Cc1ccncc1F. The van der Waals surface area contributed by atoms with Crippen molar-refractivity contribution in [1.29, 1.82) is 0 Å². The summed E-state index contributed by atoms with van der Waals surface area (Å²) < 4.78 is 13.4. The van der Waals surface area contributed by atoms with Crippen LogP contribution in [-0.2, 0) is 6.42 Å². The molecule has 96 valence electrons. The highest BCUT2D eigenvalue weighted by Gasteiger charge is 2.11. The van der Waals surface area contributed by atoms with Gasteiger partial charge in [-0.15, -0.1) is 0 Å². The van der Waals surface area contributed by atoms with Crippen LogP contribution in [0.3, 0.4) is 0 Å². The van der Waals surface area contributed by atoms with Gasteiger partial charge in [-0.2, -0.15) is 0 Å². The fraction of sp³-hybridized carbons (Fsp3) is 0.214. The molecule has 0 radical (unpaired) electrons. The van der Waals surface area contributed by atoms with Crippen molar-refractivity contribution in [2.24, 2.45) is 5.73 Å². The Kier molecular flexibility index (Phi) is 5.97. The van der Waals surface area contributed by atoms with Crippen molar-refractivity contribution in [3.63, 3.8) is 0 Å². The van der Waals surface area contributed by atoms with Gasteiger partial charge in [-0.3, -0.25) is 4.98 Å². The Hall–Kier alpha value is -1.78. The van der Waals surface area contributed by atoms with Crippen molar-refractivity contribution in [1.82, 2.24) is 4.98 Å². The minimum Gasteiger partial charge on any atom is -0.388 e. The van der Waals surface area contributed by atoms with Gasteiger partial charge in [0.05, 0.1) is 12.3 Å². The average molecular weight is 248 g/mol. The van der Waals surface area contributed by atoms with Gasteiger partial charge >= 0.3 is 0 Å². The van der Waals surface area contributed by atoms with Gasteiger partial charge in [-0.1, -0.05) is 30.9 Å². The molecule has 0 amide bonds. The molecule has 3 N–H and O–H groups in total. The van der Waals surface area contributed by atoms with E-state index in [0.29, 0.717) is 17.7 Å². The van der Waals surface area contributed by atoms with Gasteiger partial charge in [-0.05, 0) is 17.2 Å². The highest BCUT2D eigenvalue weighted by molar-refractivity contribution is 5.28. The lowest BCUT2D eigenvalue weighted by Crippen LogP contribution is -2.13. The number of pyridine rings is 1. The van der Waals surface area contributed by atoms with Crippen LogP contribution in [0.1, 0.15) is 5.56 Å². The van der Waals surface area contributed by atoms with E-state index in [1.54, 1.807) is 30.4 Å². The molecule has 0 aliphatic heterocycles. The standard InChI is InChI=1S/C14H17FN2O/c1-2-11(5-3-4-7-16)14(18)9-12-6-8-17-10-13(12)15/h2-6,8,10,14,18H,1,7,9,16H2/b4-3+,11-5+. The number of aromatic nitrogens is 1. The van der Waals surface area contributed by atoms with Crippen molar-refractivity contribution in [3.8, 4) is 0 Å². The van der Waals surface area contributed by atoms with Crippen molar-refractivity contribution in [2.45, 2.75) is 12.5 Å². The van der Waals surface area contributed by atoms with Gasteiger partial charge in [0.25, 0.3) is 0 Å². The first kappa shape index (κ1) is 14.3. The van der Waals surface area contributed by atoms with Crippen molar-refractivity contribution < 1.29 is 9.50 Å². The maximum absolute atomic E-state index is 13.4. The molecular weight excluding hydrogens is 231 g/mol. The van der Waals surface area contributed by atoms with Gasteiger partial charge < -0.3 is 10.8 Å². The fourth-order valence-electron chi connectivity index (χ4n) is 1.47. The molecule has 4 heteroatoms. The number of hydrogen-bond donors (Lipinski definition) is 2. The van der Waals surface area contributed by atoms with E-state index in [0.717, 1.165) is 6.20 Å². The first-order valence-corrected chi connectivity index (χ1v) is 5.64. The Morgan fingerprint density at radius 1 is 1.61 bits per heavy atom. The quantitative estimate of drug-likeness (QED) is 0.754. The van der Waals surface area contributed by atoms with Crippen molar-refractivity contribution in [3.05, 3.63) is 66.3 Å². The summed E-state index contributed by atoms with van der Waals surface area (Å²) in [4.78, 5) is 3.66. The average Bonchev–Trinajstić information content (AvgIpc) is 2.37. The summed E-state index contributed by atoms with van der Waals surface area (Å²) in [6.45, 7) is 4.05. The summed E-state index contributed by atoms with van der Waals surface area (Å²) in [5, 5.41) is 9.99. The topological polar surface area (TPSA) is 59.1 Å². The third kappa shape index (κ3) is 4.24. The van der Waals surface area contributed by atoms with Gasteiger partial charge in [-0.25, -0.2) is 4.39 Å². The molecule has 0 saturated carbocycles. The molecule has 1 aromatic heterocycles. The Morgan fingerprint density at radius 2 is 2.39 bits per heavy atom. The first-order chi connectivity index (χ1) is 8.69. The van der Waals surface area contributed by atoms with E-state index < -0.39 is 11.9 Å². The summed E-state index contributed by atoms with van der Waals surface area (Å²) >= 11 is 0. The molecule has 1 unspecified atom stereocenters. The number of rotatable bonds is 6. The molecule has 0 spiro atoms. The molecule has 0 aliphatic rings. The molecule has 3 nitrogen and oxygen atoms in total. The van der Waals surface area contributed by atoms with Gasteiger partial charge in [0.15, 0.2) is 0 Å². The van der Waals surface area contributed by atoms with Gasteiger partial charge in [0.1, 0.15) is 5.82 Å².